The summed E-state index contributed by atoms with van der Waals surface area (Å²) in [5, 5.41) is 0. The Morgan fingerprint density at radius 3 is 0.487 bits per heavy atom. The summed E-state index contributed by atoms with van der Waals surface area (Å²) >= 11 is 0. The highest BCUT2D eigenvalue weighted by Crippen LogP contribution is 2.41. The summed E-state index contributed by atoms with van der Waals surface area (Å²) < 4.78 is 412. The van der Waals surface area contributed by atoms with Crippen LogP contribution in [0.15, 0.2) is 326 Å². The predicted octanol–water partition coefficient (Wildman–Crippen LogP) is 20.6. The van der Waals surface area contributed by atoms with Gasteiger partial charge in [-0.1, -0.05) is 181 Å². The van der Waals surface area contributed by atoms with Gasteiger partial charge >= 0.3 is 0 Å². The summed E-state index contributed by atoms with van der Waals surface area (Å²) in [5.41, 5.74) is -13.7. The van der Waals surface area contributed by atoms with E-state index in [1.165, 1.54) is 48.5 Å². The lowest BCUT2D eigenvalue weighted by molar-refractivity contribution is 1.28. The smallest absolute Gasteiger partial charge is 0.0645 e. The number of hydrogen-bond donors (Lipinski definition) is 0. The van der Waals surface area contributed by atoms with Gasteiger partial charge in [0.05, 0.1) is 63.1 Å². The summed E-state index contributed by atoms with van der Waals surface area (Å²) in [4.78, 5) is 2.22. The zero-order chi connectivity index (χ0) is 90.9. The van der Waals surface area contributed by atoms with Crippen molar-refractivity contribution >= 4 is 68.2 Å². The van der Waals surface area contributed by atoms with Crippen molar-refractivity contribution in [3.8, 4) is 33.4 Å². The standard InChI is InChI=1S/C72H54N4/c1-7-19-61(20-8-1)73(62-21-9-2-10-22-62)67-43-31-55(32-44-67)57-35-47-69(48-36-57)75(65-27-15-5-16-28-65)71-51-39-59(40-52-71)60-41-53-72(54-42-60)76(66-29-17-6-18-30-66)70-49-37-58(38-50-70)56-33-45-68(46-34-56)74(63-23-11-3-12-24-63)64-25-13-4-14-26-64/h1-54H/i1D,2D,3D,4D,5D,6D,7D,8D,9D,10D,11D,12D,13D,14D,15D,16D,17D,18D,19D,20D,21D,22D,23D,24D,25D,26D,27D,28D,29D,30D,31D,32D,33D,34D,35D,36D,37D,38D,43D,44D,45D,46D,47D,48D,49D,50D. The van der Waals surface area contributed by atoms with Gasteiger partial charge in [0.1, 0.15) is 0 Å². The first kappa shape index (κ1) is 18.3. The number of hydrogen-bond acceptors (Lipinski definition) is 4. The second-order valence-corrected chi connectivity index (χ2v) is 15.2. The van der Waals surface area contributed by atoms with Crippen LogP contribution in [0.3, 0.4) is 0 Å². The molecule has 76 heavy (non-hydrogen) atoms. The van der Waals surface area contributed by atoms with Crippen molar-refractivity contribution < 1.29 is 63.1 Å². The van der Waals surface area contributed by atoms with E-state index in [4.69, 9.17) is 41.1 Å². The Kier molecular flexibility index (Phi) is 5.29. The average molecular weight is 1020 g/mol. The summed E-state index contributed by atoms with van der Waals surface area (Å²) in [6.45, 7) is 0. The van der Waals surface area contributed by atoms with Crippen LogP contribution in [0.4, 0.5) is 68.2 Å². The molecule has 12 rings (SSSR count). The Balaban J connectivity index is 1.00. The van der Waals surface area contributed by atoms with Gasteiger partial charge in [0, 0.05) is 68.2 Å². The zero-order valence-corrected chi connectivity index (χ0v) is 38.4. The minimum absolute atomic E-state index is 0.193. The highest BCUT2D eigenvalue weighted by molar-refractivity contribution is 5.84. The molecule has 0 aliphatic carbocycles. The highest BCUT2D eigenvalue weighted by Gasteiger charge is 2.18. The Morgan fingerprint density at radius 1 is 0.145 bits per heavy atom. The summed E-state index contributed by atoms with van der Waals surface area (Å²) in [7, 11) is 0. The van der Waals surface area contributed by atoms with Crippen LogP contribution >= 0.6 is 0 Å². The molecule has 362 valence electrons. The van der Waals surface area contributed by atoms with Gasteiger partial charge in [0.2, 0.25) is 0 Å². The van der Waals surface area contributed by atoms with Crippen molar-refractivity contribution in [2.75, 3.05) is 19.6 Å². The maximum Gasteiger partial charge on any atom is 0.0645 e. The largest absolute Gasteiger partial charge is 0.311 e. The van der Waals surface area contributed by atoms with Crippen LogP contribution < -0.4 is 19.6 Å². The molecule has 0 aliphatic rings. The molecule has 12 aromatic rings. The van der Waals surface area contributed by atoms with Crippen LogP contribution in [-0.2, 0) is 0 Å². The van der Waals surface area contributed by atoms with Crippen molar-refractivity contribution in [3.05, 3.63) is 326 Å². The molecule has 0 spiro atoms. The van der Waals surface area contributed by atoms with E-state index < -0.39 is 357 Å². The third-order valence-corrected chi connectivity index (χ3v) is 10.7. The number of anilines is 12. The predicted molar refractivity (Wildman–Crippen MR) is 321 cm³/mol. The molecule has 0 aliphatic heterocycles. The fraction of sp³-hybridized carbons (Fsp3) is 0. The van der Waals surface area contributed by atoms with E-state index in [1.54, 1.807) is 0 Å². The SMILES string of the molecule is [2H]c1c([2H])c([2H])c(N(c2ccc(-c3ccc(N(c4c([2H])c([2H])c([2H])c([2H])c4[2H])c4c([2H])c([2H])c(-c5c([2H])c([2H])c(N(c6c([2H])c([2H])c([2H])c([2H])c6[2H])c6c([2H])c([2H])c([2H])c([2H])c6[2H])c([2H])c5[2H])c([2H])c4[2H])cc3)cc2)c2c([2H])c([2H])c(-c3c([2H])c([2H])c(N(c4c([2H])c([2H])c([2H])c([2H])c4[2H])c4c([2H])c([2H])c([2H])c([2H])c4[2H])c([2H])c3[2H])c([2H])c2[2H])c([2H])c1[2H]. The molecule has 0 saturated heterocycles. The molecule has 4 nitrogen and oxygen atoms in total. The van der Waals surface area contributed by atoms with Crippen molar-refractivity contribution in [2.45, 2.75) is 0 Å². The molecule has 12 aromatic carbocycles. The minimum Gasteiger partial charge on any atom is -0.311 e. The Bertz CT molecular complexity index is 5790. The molecule has 0 aromatic heterocycles. The minimum atomic E-state index is -1.26. The van der Waals surface area contributed by atoms with Gasteiger partial charge in [-0.25, -0.2) is 0 Å². The number of para-hydroxylation sites is 6. The number of nitrogens with zero attached hydrogens (tertiary/aromatic N) is 4. The van der Waals surface area contributed by atoms with Gasteiger partial charge in [0.15, 0.2) is 0 Å². The molecule has 0 unspecified atom stereocenters. The highest BCUT2D eigenvalue weighted by atomic mass is 15.2. The topological polar surface area (TPSA) is 13.0 Å². The molecule has 0 saturated carbocycles. The average Bonchev–Trinajstić information content (AvgIpc) is 0.725. The molecule has 0 heterocycles. The van der Waals surface area contributed by atoms with Crippen LogP contribution in [0.5, 0.6) is 0 Å². The van der Waals surface area contributed by atoms with E-state index in [1.807, 2.05) is 0 Å². The van der Waals surface area contributed by atoms with Crippen molar-refractivity contribution in [2.24, 2.45) is 0 Å². The van der Waals surface area contributed by atoms with Crippen LogP contribution in [0.25, 0.3) is 33.4 Å². The van der Waals surface area contributed by atoms with E-state index in [9.17, 15) is 21.9 Å². The molecule has 0 atom stereocenters. The van der Waals surface area contributed by atoms with Gasteiger partial charge in [-0.2, -0.15) is 0 Å². The molecular weight excluding hydrogens is 921 g/mol. The number of rotatable bonds is 15. The summed E-state index contributed by atoms with van der Waals surface area (Å²) in [5.74, 6) is 0. The van der Waals surface area contributed by atoms with Crippen LogP contribution in [0.2, 0.25) is 0 Å². The van der Waals surface area contributed by atoms with E-state index in [0.717, 1.165) is 9.80 Å². The quantitative estimate of drug-likeness (QED) is 0.101. The second kappa shape index (κ2) is 21.9. The van der Waals surface area contributed by atoms with Crippen molar-refractivity contribution in [3.63, 3.8) is 0 Å². The normalized spacial score (nSPS) is 19.4. The fourth-order valence-corrected chi connectivity index (χ4v) is 7.32. The van der Waals surface area contributed by atoms with Gasteiger partial charge in [-0.15, -0.1) is 0 Å². The van der Waals surface area contributed by atoms with Gasteiger partial charge in [0.25, 0.3) is 0 Å². The van der Waals surface area contributed by atoms with Crippen molar-refractivity contribution in [1.82, 2.24) is 0 Å². The summed E-state index contributed by atoms with van der Waals surface area (Å²) in [6.07, 6.45) is 0. The van der Waals surface area contributed by atoms with E-state index in [2.05, 4.69) is 0 Å². The third-order valence-electron chi connectivity index (χ3n) is 10.7. The molecule has 0 bridgehead atoms. The maximum atomic E-state index is 9.63. The first-order valence-corrected chi connectivity index (χ1v) is 22.1. The fourth-order valence-electron chi connectivity index (χ4n) is 7.32. The first-order chi connectivity index (χ1) is 56.8. The molecular formula is C72H54N4. The third kappa shape index (κ3) is 10.1. The Labute approximate surface area is 511 Å². The molecule has 0 fully saturated rings. The van der Waals surface area contributed by atoms with Gasteiger partial charge < -0.3 is 19.6 Å². The zero-order valence-electron chi connectivity index (χ0n) is 84.4. The van der Waals surface area contributed by atoms with Crippen molar-refractivity contribution in [1.29, 1.82) is 0 Å². The molecule has 0 radical (unpaired) electrons. The van der Waals surface area contributed by atoms with Crippen LogP contribution in [0, 0.1) is 0 Å². The summed E-state index contributed by atoms with van der Waals surface area (Å²) in [6, 6.07) is -39.9. The lowest BCUT2D eigenvalue weighted by Gasteiger charge is -2.26. The van der Waals surface area contributed by atoms with Gasteiger partial charge in [-0.3, -0.25) is 0 Å². The van der Waals surface area contributed by atoms with E-state index in [-0.39, 0.29) is 22.5 Å². The lowest BCUT2D eigenvalue weighted by atomic mass is 10.0. The number of benzene rings is 12. The second-order valence-electron chi connectivity index (χ2n) is 15.2. The monoisotopic (exact) mass is 1020 g/mol. The Hall–Kier alpha value is -10.2. The van der Waals surface area contributed by atoms with Crippen LogP contribution in [-0.4, -0.2) is 0 Å². The van der Waals surface area contributed by atoms with E-state index in [0.29, 0.717) is 9.80 Å². The molecule has 0 amide bonds. The maximum absolute atomic E-state index is 9.63. The Morgan fingerprint density at radius 2 is 0.303 bits per heavy atom. The lowest BCUT2D eigenvalue weighted by Crippen LogP contribution is -2.10. The van der Waals surface area contributed by atoms with Crippen LogP contribution in [0.1, 0.15) is 63.1 Å². The molecule has 4 heteroatoms. The first-order valence-electron chi connectivity index (χ1n) is 45.1. The van der Waals surface area contributed by atoms with E-state index >= 15 is 0 Å². The van der Waals surface area contributed by atoms with Gasteiger partial charge in [-0.05, 0) is 178 Å². The molecule has 0 N–H and O–H groups in total.